The van der Waals surface area contributed by atoms with Gasteiger partial charge >= 0.3 is 0 Å². The Bertz CT molecular complexity index is 759. The van der Waals surface area contributed by atoms with Crippen molar-refractivity contribution in [2.45, 2.75) is 13.8 Å². The largest absolute Gasteiger partial charge is 0.493 e. The third-order valence-corrected chi connectivity index (χ3v) is 3.53. The third-order valence-electron chi connectivity index (χ3n) is 3.53. The minimum absolute atomic E-state index is 0.124. The van der Waals surface area contributed by atoms with Gasteiger partial charge < -0.3 is 20.1 Å². The maximum atomic E-state index is 11.9. The molecule has 2 amide bonds. The van der Waals surface area contributed by atoms with Gasteiger partial charge in [0.1, 0.15) is 0 Å². The number of benzene rings is 2. The molecule has 0 atom stereocenters. The van der Waals surface area contributed by atoms with E-state index in [0.29, 0.717) is 11.5 Å². The van der Waals surface area contributed by atoms with Crippen molar-refractivity contribution >= 4 is 17.5 Å². The van der Waals surface area contributed by atoms with Crippen LogP contribution in [0, 0.1) is 13.8 Å². The van der Waals surface area contributed by atoms with E-state index in [4.69, 9.17) is 9.47 Å². The van der Waals surface area contributed by atoms with Crippen LogP contribution in [0.15, 0.2) is 42.5 Å². The van der Waals surface area contributed by atoms with Crippen molar-refractivity contribution in [3.8, 4) is 11.5 Å². The molecule has 0 fully saturated rings. The number of amides is 2. The third kappa shape index (κ3) is 5.53. The van der Waals surface area contributed by atoms with Crippen LogP contribution < -0.4 is 20.1 Å². The Kier molecular flexibility index (Phi) is 6.39. The Hall–Kier alpha value is -3.02. The van der Waals surface area contributed by atoms with Crippen LogP contribution in [0.25, 0.3) is 0 Å². The molecule has 0 bridgehead atoms. The van der Waals surface area contributed by atoms with Crippen LogP contribution >= 0.6 is 0 Å². The number of rotatable bonds is 7. The van der Waals surface area contributed by atoms with E-state index < -0.39 is 0 Å². The van der Waals surface area contributed by atoms with Gasteiger partial charge in [-0.25, -0.2) is 0 Å². The zero-order valence-corrected chi connectivity index (χ0v) is 14.6. The van der Waals surface area contributed by atoms with Crippen LogP contribution in [0.4, 0.5) is 5.69 Å². The van der Waals surface area contributed by atoms with Gasteiger partial charge in [-0.3, -0.25) is 9.59 Å². The number of para-hydroxylation sites is 2. The number of hydrogen-bond acceptors (Lipinski definition) is 4. The standard InChI is InChI=1S/C19H22N2O4/c1-13-8-9-15(14(2)10-13)21-18(22)11-20-19(23)12-25-17-7-5-4-6-16(17)24-3/h4-10H,11-12H2,1-3H3,(H,20,23)(H,21,22). The summed E-state index contributed by atoms with van der Waals surface area (Å²) in [7, 11) is 1.53. The number of carbonyl (C=O) groups excluding carboxylic acids is 2. The Morgan fingerprint density at radius 1 is 1.00 bits per heavy atom. The number of carbonyl (C=O) groups is 2. The summed E-state index contributed by atoms with van der Waals surface area (Å²) in [4.78, 5) is 23.8. The van der Waals surface area contributed by atoms with Crippen LogP contribution in [0.1, 0.15) is 11.1 Å². The second kappa shape index (κ2) is 8.73. The van der Waals surface area contributed by atoms with Crippen LogP contribution in [0.3, 0.4) is 0 Å². The molecule has 0 heterocycles. The zero-order chi connectivity index (χ0) is 18.2. The zero-order valence-electron chi connectivity index (χ0n) is 14.6. The number of hydrogen-bond donors (Lipinski definition) is 2. The first kappa shape index (κ1) is 18.3. The van der Waals surface area contributed by atoms with Gasteiger partial charge in [-0.2, -0.15) is 0 Å². The van der Waals surface area contributed by atoms with E-state index in [1.165, 1.54) is 7.11 Å². The minimum atomic E-state index is -0.387. The molecule has 0 aliphatic carbocycles. The monoisotopic (exact) mass is 342 g/mol. The quantitative estimate of drug-likeness (QED) is 0.810. The molecule has 25 heavy (non-hydrogen) atoms. The smallest absolute Gasteiger partial charge is 0.258 e. The number of ether oxygens (including phenoxy) is 2. The summed E-state index contributed by atoms with van der Waals surface area (Å²) in [6.45, 7) is 3.58. The van der Waals surface area contributed by atoms with E-state index in [-0.39, 0.29) is 25.0 Å². The SMILES string of the molecule is COc1ccccc1OCC(=O)NCC(=O)Nc1ccc(C)cc1C. The highest BCUT2D eigenvalue weighted by Crippen LogP contribution is 2.25. The molecule has 6 nitrogen and oxygen atoms in total. The Balaban J connectivity index is 1.78. The van der Waals surface area contributed by atoms with Crippen molar-refractivity contribution in [3.63, 3.8) is 0 Å². The first-order chi connectivity index (χ1) is 12.0. The molecule has 6 heteroatoms. The molecule has 0 aliphatic heterocycles. The molecule has 0 saturated carbocycles. The summed E-state index contributed by atoms with van der Waals surface area (Å²) >= 11 is 0. The molecule has 2 aromatic rings. The molecule has 2 aromatic carbocycles. The van der Waals surface area contributed by atoms with Gasteiger partial charge in [-0.05, 0) is 37.6 Å². The lowest BCUT2D eigenvalue weighted by Crippen LogP contribution is -2.35. The van der Waals surface area contributed by atoms with E-state index in [0.717, 1.165) is 16.8 Å². The fourth-order valence-corrected chi connectivity index (χ4v) is 2.26. The molecule has 0 radical (unpaired) electrons. The molecular formula is C19H22N2O4. The highest BCUT2D eigenvalue weighted by atomic mass is 16.5. The lowest BCUT2D eigenvalue weighted by Gasteiger charge is -2.11. The summed E-state index contributed by atoms with van der Waals surface area (Å²) in [5.41, 5.74) is 2.83. The molecule has 0 saturated heterocycles. The highest BCUT2D eigenvalue weighted by molar-refractivity contribution is 5.95. The van der Waals surface area contributed by atoms with E-state index in [2.05, 4.69) is 10.6 Å². The van der Waals surface area contributed by atoms with Crippen molar-refractivity contribution in [2.75, 3.05) is 25.6 Å². The molecule has 2 N–H and O–H groups in total. The van der Waals surface area contributed by atoms with E-state index in [9.17, 15) is 9.59 Å². The topological polar surface area (TPSA) is 76.7 Å². The van der Waals surface area contributed by atoms with Gasteiger partial charge in [0.25, 0.3) is 5.91 Å². The average Bonchev–Trinajstić information content (AvgIpc) is 2.60. The Labute approximate surface area is 147 Å². The summed E-state index contributed by atoms with van der Waals surface area (Å²) in [6.07, 6.45) is 0. The van der Waals surface area contributed by atoms with Gasteiger partial charge in [0, 0.05) is 5.69 Å². The Morgan fingerprint density at radius 3 is 2.40 bits per heavy atom. The van der Waals surface area contributed by atoms with Gasteiger partial charge in [0.05, 0.1) is 13.7 Å². The fraction of sp³-hybridized carbons (Fsp3) is 0.263. The van der Waals surface area contributed by atoms with E-state index >= 15 is 0 Å². The van der Waals surface area contributed by atoms with Gasteiger partial charge in [0.15, 0.2) is 18.1 Å². The second-order valence-corrected chi connectivity index (χ2v) is 5.58. The van der Waals surface area contributed by atoms with Crippen molar-refractivity contribution in [1.29, 1.82) is 0 Å². The summed E-state index contributed by atoms with van der Waals surface area (Å²) in [6, 6.07) is 12.8. The molecule has 132 valence electrons. The Morgan fingerprint density at radius 2 is 1.72 bits per heavy atom. The van der Waals surface area contributed by atoms with Gasteiger partial charge in [-0.1, -0.05) is 29.8 Å². The van der Waals surface area contributed by atoms with Crippen molar-refractivity contribution in [1.82, 2.24) is 5.32 Å². The lowest BCUT2D eigenvalue weighted by molar-refractivity contribution is -0.125. The van der Waals surface area contributed by atoms with E-state index in [1.807, 2.05) is 38.1 Å². The van der Waals surface area contributed by atoms with Gasteiger partial charge in [0.2, 0.25) is 5.91 Å². The van der Waals surface area contributed by atoms with Gasteiger partial charge in [-0.15, -0.1) is 0 Å². The number of aryl methyl sites for hydroxylation is 2. The summed E-state index contributed by atoms with van der Waals surface area (Å²) in [5.74, 6) is 0.335. The maximum absolute atomic E-state index is 11.9. The number of nitrogens with one attached hydrogen (secondary N) is 2. The average molecular weight is 342 g/mol. The predicted octanol–water partition coefficient (Wildman–Crippen LogP) is 2.45. The molecule has 2 rings (SSSR count). The molecule has 0 unspecified atom stereocenters. The van der Waals surface area contributed by atoms with Crippen LogP contribution in [0.5, 0.6) is 11.5 Å². The molecule has 0 aliphatic rings. The molecule has 0 spiro atoms. The highest BCUT2D eigenvalue weighted by Gasteiger charge is 2.09. The lowest BCUT2D eigenvalue weighted by atomic mass is 10.1. The predicted molar refractivity (Wildman–Crippen MR) is 96.0 cm³/mol. The summed E-state index contributed by atoms with van der Waals surface area (Å²) in [5, 5.41) is 5.29. The number of methoxy groups -OCH3 is 1. The summed E-state index contributed by atoms with van der Waals surface area (Å²) < 4.78 is 10.5. The van der Waals surface area contributed by atoms with Crippen molar-refractivity contribution < 1.29 is 19.1 Å². The fourth-order valence-electron chi connectivity index (χ4n) is 2.26. The first-order valence-electron chi connectivity index (χ1n) is 7.89. The first-order valence-corrected chi connectivity index (χ1v) is 7.89. The van der Waals surface area contributed by atoms with Crippen LogP contribution in [-0.2, 0) is 9.59 Å². The molecule has 0 aromatic heterocycles. The maximum Gasteiger partial charge on any atom is 0.258 e. The van der Waals surface area contributed by atoms with Crippen molar-refractivity contribution in [2.24, 2.45) is 0 Å². The second-order valence-electron chi connectivity index (χ2n) is 5.58. The van der Waals surface area contributed by atoms with E-state index in [1.54, 1.807) is 18.2 Å². The normalized spacial score (nSPS) is 10.0. The molecular weight excluding hydrogens is 320 g/mol. The van der Waals surface area contributed by atoms with Crippen LogP contribution in [0.2, 0.25) is 0 Å². The van der Waals surface area contributed by atoms with Crippen molar-refractivity contribution in [3.05, 3.63) is 53.6 Å². The number of anilines is 1. The van der Waals surface area contributed by atoms with Crippen LogP contribution in [-0.4, -0.2) is 32.1 Å². The minimum Gasteiger partial charge on any atom is -0.493 e.